The Morgan fingerprint density at radius 2 is 1.56 bits per heavy atom. The van der Waals surface area contributed by atoms with E-state index < -0.39 is 45.9 Å². The number of sulfonamides is 1. The average Bonchev–Trinajstić information content (AvgIpc) is 2.86. The van der Waals surface area contributed by atoms with Crippen LogP contribution in [0.5, 0.6) is 5.75 Å². The number of hydrogen-bond acceptors (Lipinski definition) is 6. The van der Waals surface area contributed by atoms with Crippen molar-refractivity contribution in [2.45, 2.75) is 11.1 Å². The van der Waals surface area contributed by atoms with Crippen LogP contribution in [0.1, 0.15) is 15.9 Å². The van der Waals surface area contributed by atoms with Gasteiger partial charge in [-0.05, 0) is 48.5 Å². The maximum atomic E-state index is 13.0. The van der Waals surface area contributed by atoms with E-state index in [0.29, 0.717) is 11.4 Å². The summed E-state index contributed by atoms with van der Waals surface area (Å²) in [6, 6.07) is 15.7. The predicted molar refractivity (Wildman–Crippen MR) is 125 cm³/mol. The van der Waals surface area contributed by atoms with E-state index in [0.717, 1.165) is 16.4 Å². The molecule has 0 atom stereocenters. The first-order valence-electron chi connectivity index (χ1n) is 10.3. The van der Waals surface area contributed by atoms with Crippen LogP contribution in [0.3, 0.4) is 0 Å². The fourth-order valence-electron chi connectivity index (χ4n) is 3.18. The van der Waals surface area contributed by atoms with Gasteiger partial charge in [0.05, 0.1) is 34.5 Å². The minimum Gasteiger partial charge on any atom is -0.495 e. The monoisotopic (exact) mass is 522 g/mol. The number of anilines is 2. The number of esters is 1. The van der Waals surface area contributed by atoms with Gasteiger partial charge >= 0.3 is 12.1 Å². The molecule has 1 N–H and O–H groups in total. The number of benzene rings is 3. The highest BCUT2D eigenvalue weighted by Crippen LogP contribution is 2.34. The van der Waals surface area contributed by atoms with Gasteiger partial charge in [-0.15, -0.1) is 0 Å². The van der Waals surface area contributed by atoms with E-state index in [1.54, 1.807) is 24.3 Å². The highest BCUT2D eigenvalue weighted by atomic mass is 32.2. The summed E-state index contributed by atoms with van der Waals surface area (Å²) in [4.78, 5) is 24.2. The quantitative estimate of drug-likeness (QED) is 0.442. The van der Waals surface area contributed by atoms with E-state index in [1.165, 1.54) is 50.6 Å². The number of carbonyl (C=O) groups is 2. The van der Waals surface area contributed by atoms with Crippen LogP contribution in [0, 0.1) is 0 Å². The molecule has 0 aliphatic heterocycles. The minimum atomic E-state index is -4.68. The highest BCUT2D eigenvalue weighted by molar-refractivity contribution is 7.92. The van der Waals surface area contributed by atoms with E-state index in [-0.39, 0.29) is 10.5 Å². The first kappa shape index (κ1) is 26.5. The van der Waals surface area contributed by atoms with Gasteiger partial charge in [-0.1, -0.05) is 24.3 Å². The third-order valence-electron chi connectivity index (χ3n) is 5.01. The van der Waals surface area contributed by atoms with E-state index >= 15 is 0 Å². The maximum absolute atomic E-state index is 13.0. The molecule has 0 saturated carbocycles. The number of methoxy groups -OCH3 is 1. The molecule has 0 saturated heterocycles. The van der Waals surface area contributed by atoms with E-state index in [1.807, 2.05) is 0 Å². The molecule has 36 heavy (non-hydrogen) atoms. The molecular formula is C24H21F3N2O6S. The Morgan fingerprint density at radius 1 is 0.944 bits per heavy atom. The number of alkyl halides is 3. The summed E-state index contributed by atoms with van der Waals surface area (Å²) in [6.07, 6.45) is -4.68. The molecule has 0 fully saturated rings. The lowest BCUT2D eigenvalue weighted by Gasteiger charge is -2.21. The fraction of sp³-hybridized carbons (Fsp3) is 0.167. The molecule has 3 aromatic carbocycles. The van der Waals surface area contributed by atoms with Crippen molar-refractivity contribution in [2.75, 3.05) is 30.4 Å². The topological polar surface area (TPSA) is 102 Å². The Labute approximate surface area is 205 Å². The van der Waals surface area contributed by atoms with Crippen LogP contribution < -0.4 is 14.4 Å². The Hall–Kier alpha value is -4.06. The number of rotatable bonds is 8. The molecule has 3 rings (SSSR count). The Balaban J connectivity index is 1.66. The third-order valence-corrected chi connectivity index (χ3v) is 6.80. The van der Waals surface area contributed by atoms with Gasteiger partial charge in [0.1, 0.15) is 5.75 Å². The van der Waals surface area contributed by atoms with Crippen molar-refractivity contribution in [1.82, 2.24) is 0 Å². The Bertz CT molecular complexity index is 1360. The predicted octanol–water partition coefficient (Wildman–Crippen LogP) is 4.33. The smallest absolute Gasteiger partial charge is 0.418 e. The van der Waals surface area contributed by atoms with Crippen LogP contribution in [0.2, 0.25) is 0 Å². The van der Waals surface area contributed by atoms with E-state index in [2.05, 4.69) is 5.32 Å². The van der Waals surface area contributed by atoms with Crippen molar-refractivity contribution >= 4 is 33.3 Å². The lowest BCUT2D eigenvalue weighted by molar-refractivity contribution is -0.137. The van der Waals surface area contributed by atoms with Crippen molar-refractivity contribution in [3.63, 3.8) is 0 Å². The van der Waals surface area contributed by atoms with Crippen molar-refractivity contribution in [1.29, 1.82) is 0 Å². The number of para-hydroxylation sites is 3. The summed E-state index contributed by atoms with van der Waals surface area (Å²) in [6.45, 7) is -0.846. The molecule has 0 spiro atoms. The maximum Gasteiger partial charge on any atom is 0.418 e. The highest BCUT2D eigenvalue weighted by Gasteiger charge is 2.33. The lowest BCUT2D eigenvalue weighted by Crippen LogP contribution is -2.27. The lowest BCUT2D eigenvalue weighted by atomic mass is 10.1. The number of nitrogens with one attached hydrogen (secondary N) is 1. The van der Waals surface area contributed by atoms with Gasteiger partial charge in [0.25, 0.3) is 15.9 Å². The van der Waals surface area contributed by atoms with Gasteiger partial charge in [-0.25, -0.2) is 13.2 Å². The molecular weight excluding hydrogens is 501 g/mol. The Kier molecular flexibility index (Phi) is 7.88. The number of hydrogen-bond donors (Lipinski definition) is 1. The van der Waals surface area contributed by atoms with Crippen LogP contribution in [-0.2, 0) is 25.7 Å². The molecule has 0 bridgehead atoms. The second-order valence-electron chi connectivity index (χ2n) is 7.34. The van der Waals surface area contributed by atoms with Gasteiger partial charge in [0.2, 0.25) is 0 Å². The molecule has 1 amide bonds. The van der Waals surface area contributed by atoms with Crippen molar-refractivity contribution in [3.05, 3.63) is 83.9 Å². The van der Waals surface area contributed by atoms with Gasteiger partial charge < -0.3 is 14.8 Å². The molecule has 0 aliphatic carbocycles. The fourth-order valence-corrected chi connectivity index (χ4v) is 4.39. The van der Waals surface area contributed by atoms with Crippen LogP contribution in [-0.4, -0.2) is 41.1 Å². The average molecular weight is 523 g/mol. The number of nitrogens with zero attached hydrogens (tertiary/aromatic N) is 1. The van der Waals surface area contributed by atoms with Crippen LogP contribution >= 0.6 is 0 Å². The molecule has 0 heterocycles. The summed E-state index contributed by atoms with van der Waals surface area (Å²) < 4.78 is 76.2. The van der Waals surface area contributed by atoms with Crippen molar-refractivity contribution < 1.29 is 40.7 Å². The molecule has 0 radical (unpaired) electrons. The Morgan fingerprint density at radius 3 is 2.19 bits per heavy atom. The van der Waals surface area contributed by atoms with Crippen LogP contribution in [0.4, 0.5) is 24.5 Å². The van der Waals surface area contributed by atoms with Crippen molar-refractivity contribution in [3.8, 4) is 5.75 Å². The summed E-state index contributed by atoms with van der Waals surface area (Å²) >= 11 is 0. The van der Waals surface area contributed by atoms with E-state index in [4.69, 9.17) is 9.47 Å². The van der Waals surface area contributed by atoms with Crippen LogP contribution in [0.15, 0.2) is 77.7 Å². The molecule has 8 nitrogen and oxygen atoms in total. The van der Waals surface area contributed by atoms with Gasteiger partial charge in [0.15, 0.2) is 6.61 Å². The molecule has 0 unspecified atom stereocenters. The number of amides is 1. The SMILES string of the molecule is COc1ccccc1N(C)S(=O)(=O)c1ccc(C(=O)OCC(=O)Nc2ccccc2C(F)(F)F)cc1. The van der Waals surface area contributed by atoms with Gasteiger partial charge in [-0.3, -0.25) is 9.10 Å². The molecule has 12 heteroatoms. The van der Waals surface area contributed by atoms with Crippen molar-refractivity contribution in [2.24, 2.45) is 0 Å². The summed E-state index contributed by atoms with van der Waals surface area (Å²) in [7, 11) is -1.23. The second-order valence-corrected chi connectivity index (χ2v) is 9.31. The zero-order valence-corrected chi connectivity index (χ0v) is 19.9. The first-order chi connectivity index (χ1) is 16.9. The molecule has 0 aromatic heterocycles. The zero-order chi connectivity index (χ0) is 26.5. The second kappa shape index (κ2) is 10.7. The number of carbonyl (C=O) groups excluding carboxylic acids is 2. The number of halogens is 3. The van der Waals surface area contributed by atoms with Crippen LogP contribution in [0.25, 0.3) is 0 Å². The largest absolute Gasteiger partial charge is 0.495 e. The minimum absolute atomic E-state index is 0.0580. The molecule has 3 aromatic rings. The standard InChI is InChI=1S/C24H21F3N2O6S/c1-29(20-9-5-6-10-21(20)34-2)36(32,33)17-13-11-16(12-14-17)23(31)35-15-22(30)28-19-8-4-3-7-18(19)24(25,26)27/h3-14H,15H2,1-2H3,(H,28,30). The third kappa shape index (κ3) is 5.95. The summed E-state index contributed by atoms with van der Waals surface area (Å²) in [5.74, 6) is -1.59. The zero-order valence-electron chi connectivity index (χ0n) is 19.1. The normalized spacial score (nSPS) is 11.5. The molecule has 0 aliphatic rings. The van der Waals surface area contributed by atoms with Gasteiger partial charge in [-0.2, -0.15) is 13.2 Å². The summed E-state index contributed by atoms with van der Waals surface area (Å²) in [5.41, 5.74) is -1.27. The molecule has 190 valence electrons. The van der Waals surface area contributed by atoms with E-state index in [9.17, 15) is 31.2 Å². The first-order valence-corrected chi connectivity index (χ1v) is 11.7. The summed E-state index contributed by atoms with van der Waals surface area (Å²) in [5, 5.41) is 2.06. The van der Waals surface area contributed by atoms with Gasteiger partial charge in [0, 0.05) is 7.05 Å². The number of ether oxygens (including phenoxy) is 2.